The fourth-order valence-corrected chi connectivity index (χ4v) is 3.69. The molecule has 110 valence electrons. The summed E-state index contributed by atoms with van der Waals surface area (Å²) in [4.78, 5) is 9.43. The number of hydrogen-bond donors (Lipinski definition) is 1. The number of rotatable bonds is 3. The SMILES string of the molecule is N[C@@H]1CCCN(S(=O)(=O)c2ccc(F)c([N+](=O)[O-])c2)C1. The number of piperidine rings is 1. The van der Waals surface area contributed by atoms with Crippen molar-refractivity contribution in [3.05, 3.63) is 34.1 Å². The fraction of sp³-hybridized carbons (Fsp3) is 0.455. The molecule has 1 aromatic carbocycles. The van der Waals surface area contributed by atoms with Crippen molar-refractivity contribution in [3.8, 4) is 0 Å². The summed E-state index contributed by atoms with van der Waals surface area (Å²) in [5, 5.41) is 10.7. The quantitative estimate of drug-likeness (QED) is 0.658. The number of hydrogen-bond acceptors (Lipinski definition) is 5. The standard InChI is InChI=1S/C11H14FN3O4S/c12-10-4-3-9(6-11(10)15(16)17)20(18,19)14-5-1-2-8(13)7-14/h3-4,6,8H,1-2,5,7,13H2/t8-/m1/s1. The van der Waals surface area contributed by atoms with Crippen LogP contribution in [0.2, 0.25) is 0 Å². The van der Waals surface area contributed by atoms with Crippen LogP contribution in [-0.4, -0.2) is 36.8 Å². The molecule has 1 atom stereocenters. The average molecular weight is 303 g/mol. The summed E-state index contributed by atoms with van der Waals surface area (Å²) < 4.78 is 39.1. The molecule has 1 heterocycles. The third kappa shape index (κ3) is 2.79. The Hall–Kier alpha value is -1.58. The summed E-state index contributed by atoms with van der Waals surface area (Å²) in [5.41, 5.74) is 4.87. The first-order valence-electron chi connectivity index (χ1n) is 6.02. The lowest BCUT2D eigenvalue weighted by Gasteiger charge is -2.29. The molecule has 0 bridgehead atoms. The highest BCUT2D eigenvalue weighted by molar-refractivity contribution is 7.89. The summed E-state index contributed by atoms with van der Waals surface area (Å²) in [6.07, 6.45) is 1.36. The summed E-state index contributed by atoms with van der Waals surface area (Å²) in [5.74, 6) is -1.07. The van der Waals surface area contributed by atoms with Gasteiger partial charge in [-0.05, 0) is 25.0 Å². The number of benzene rings is 1. The third-order valence-electron chi connectivity index (χ3n) is 3.17. The van der Waals surface area contributed by atoms with Crippen LogP contribution in [0.25, 0.3) is 0 Å². The van der Waals surface area contributed by atoms with E-state index in [0.29, 0.717) is 13.0 Å². The zero-order valence-electron chi connectivity index (χ0n) is 10.5. The maximum absolute atomic E-state index is 13.2. The largest absolute Gasteiger partial charge is 0.327 e. The third-order valence-corrected chi connectivity index (χ3v) is 5.03. The van der Waals surface area contributed by atoms with Gasteiger partial charge >= 0.3 is 5.69 Å². The lowest BCUT2D eigenvalue weighted by molar-refractivity contribution is -0.387. The number of halogens is 1. The molecule has 0 aromatic heterocycles. The highest BCUT2D eigenvalue weighted by Crippen LogP contribution is 2.25. The van der Waals surface area contributed by atoms with Gasteiger partial charge in [-0.15, -0.1) is 0 Å². The first-order valence-corrected chi connectivity index (χ1v) is 7.46. The maximum Gasteiger partial charge on any atom is 0.306 e. The molecule has 0 aliphatic carbocycles. The number of nitrogens with two attached hydrogens (primary N) is 1. The van der Waals surface area contributed by atoms with E-state index in [2.05, 4.69) is 0 Å². The minimum atomic E-state index is -3.89. The van der Waals surface area contributed by atoms with Crippen LogP contribution < -0.4 is 5.73 Å². The maximum atomic E-state index is 13.2. The van der Waals surface area contributed by atoms with Gasteiger partial charge in [-0.2, -0.15) is 8.70 Å². The molecule has 2 rings (SSSR count). The van der Waals surface area contributed by atoms with Crippen LogP contribution in [0.4, 0.5) is 10.1 Å². The Bertz CT molecular complexity index is 635. The summed E-state index contributed by atoms with van der Waals surface area (Å²) in [7, 11) is -3.89. The predicted molar refractivity (Wildman–Crippen MR) is 69.0 cm³/mol. The second-order valence-corrected chi connectivity index (χ2v) is 6.57. The van der Waals surface area contributed by atoms with Gasteiger partial charge in [0.2, 0.25) is 15.8 Å². The van der Waals surface area contributed by atoms with Crippen molar-refractivity contribution in [1.29, 1.82) is 0 Å². The summed E-state index contributed by atoms with van der Waals surface area (Å²) in [6.45, 7) is 0.467. The van der Waals surface area contributed by atoms with Gasteiger partial charge in [0.1, 0.15) is 0 Å². The van der Waals surface area contributed by atoms with Gasteiger partial charge in [-0.25, -0.2) is 8.42 Å². The number of nitrogens with zero attached hydrogens (tertiary/aromatic N) is 2. The lowest BCUT2D eigenvalue weighted by Crippen LogP contribution is -2.45. The summed E-state index contributed by atoms with van der Waals surface area (Å²) >= 11 is 0. The topological polar surface area (TPSA) is 107 Å². The molecule has 0 amide bonds. The van der Waals surface area contributed by atoms with Gasteiger partial charge in [0.15, 0.2) is 0 Å². The zero-order chi connectivity index (χ0) is 14.9. The van der Waals surface area contributed by atoms with Crippen molar-refractivity contribution in [2.45, 2.75) is 23.8 Å². The predicted octanol–water partition coefficient (Wildman–Crippen LogP) is 0.846. The van der Waals surface area contributed by atoms with Gasteiger partial charge in [0.25, 0.3) is 0 Å². The molecule has 1 saturated heterocycles. The van der Waals surface area contributed by atoms with Crippen molar-refractivity contribution in [2.24, 2.45) is 5.73 Å². The first-order chi connectivity index (χ1) is 9.32. The van der Waals surface area contributed by atoms with Gasteiger partial charge in [-0.1, -0.05) is 0 Å². The molecule has 0 radical (unpaired) electrons. The Kier molecular flexibility index (Phi) is 4.02. The van der Waals surface area contributed by atoms with E-state index >= 15 is 0 Å². The molecule has 0 spiro atoms. The Morgan fingerprint density at radius 3 is 2.75 bits per heavy atom. The van der Waals surface area contributed by atoms with Crippen LogP contribution in [0, 0.1) is 15.9 Å². The molecule has 20 heavy (non-hydrogen) atoms. The Labute approximate surface area is 115 Å². The van der Waals surface area contributed by atoms with Crippen LogP contribution in [0.1, 0.15) is 12.8 Å². The van der Waals surface area contributed by atoms with E-state index in [-0.39, 0.29) is 17.5 Å². The molecule has 0 unspecified atom stereocenters. The minimum Gasteiger partial charge on any atom is -0.327 e. The zero-order valence-corrected chi connectivity index (χ0v) is 11.3. The van der Waals surface area contributed by atoms with Crippen molar-refractivity contribution < 1.29 is 17.7 Å². The van der Waals surface area contributed by atoms with E-state index in [1.165, 1.54) is 4.31 Å². The van der Waals surface area contributed by atoms with Crippen LogP contribution in [-0.2, 0) is 10.0 Å². The number of nitro groups is 1. The van der Waals surface area contributed by atoms with Crippen LogP contribution in [0.5, 0.6) is 0 Å². The van der Waals surface area contributed by atoms with E-state index in [1.807, 2.05) is 0 Å². The van der Waals surface area contributed by atoms with Crippen molar-refractivity contribution in [3.63, 3.8) is 0 Å². The highest BCUT2D eigenvalue weighted by atomic mass is 32.2. The van der Waals surface area contributed by atoms with Crippen molar-refractivity contribution in [1.82, 2.24) is 4.31 Å². The second kappa shape index (κ2) is 5.43. The molecular formula is C11H14FN3O4S. The van der Waals surface area contributed by atoms with E-state index in [0.717, 1.165) is 24.6 Å². The summed E-state index contributed by atoms with van der Waals surface area (Å²) in [6, 6.07) is 2.30. The lowest BCUT2D eigenvalue weighted by atomic mass is 10.1. The molecule has 9 heteroatoms. The molecule has 1 aliphatic heterocycles. The Morgan fingerprint density at radius 2 is 2.15 bits per heavy atom. The van der Waals surface area contributed by atoms with Gasteiger partial charge in [0, 0.05) is 25.2 Å². The minimum absolute atomic E-state index is 0.160. The van der Waals surface area contributed by atoms with Crippen molar-refractivity contribution >= 4 is 15.7 Å². The van der Waals surface area contributed by atoms with Gasteiger partial charge in [-0.3, -0.25) is 10.1 Å². The van der Waals surface area contributed by atoms with Crippen molar-refractivity contribution in [2.75, 3.05) is 13.1 Å². The monoisotopic (exact) mass is 303 g/mol. The van der Waals surface area contributed by atoms with Crippen LogP contribution in [0.3, 0.4) is 0 Å². The first kappa shape index (κ1) is 14.8. The fourth-order valence-electron chi connectivity index (χ4n) is 2.13. The van der Waals surface area contributed by atoms with E-state index < -0.39 is 26.5 Å². The van der Waals surface area contributed by atoms with Gasteiger partial charge < -0.3 is 5.73 Å². The second-order valence-electron chi connectivity index (χ2n) is 4.64. The molecule has 1 aromatic rings. The number of nitro benzene ring substituents is 1. The van der Waals surface area contributed by atoms with Gasteiger partial charge in [0.05, 0.1) is 9.82 Å². The Balaban J connectivity index is 2.39. The molecule has 1 fully saturated rings. The van der Waals surface area contributed by atoms with E-state index in [1.54, 1.807) is 0 Å². The molecule has 0 saturated carbocycles. The Morgan fingerprint density at radius 1 is 1.45 bits per heavy atom. The van der Waals surface area contributed by atoms with Crippen LogP contribution >= 0.6 is 0 Å². The van der Waals surface area contributed by atoms with E-state index in [4.69, 9.17) is 5.73 Å². The van der Waals surface area contributed by atoms with Crippen LogP contribution in [0.15, 0.2) is 23.1 Å². The number of sulfonamides is 1. The molecular weight excluding hydrogens is 289 g/mol. The average Bonchev–Trinajstić information content (AvgIpc) is 2.38. The molecule has 1 aliphatic rings. The smallest absolute Gasteiger partial charge is 0.306 e. The molecule has 2 N–H and O–H groups in total. The normalized spacial score (nSPS) is 20.8. The highest BCUT2D eigenvalue weighted by Gasteiger charge is 2.30. The molecule has 7 nitrogen and oxygen atoms in total. The van der Waals surface area contributed by atoms with E-state index in [9.17, 15) is 22.9 Å².